The van der Waals surface area contributed by atoms with Gasteiger partial charge in [-0.1, -0.05) is 51.1 Å². The molecule has 1 N–H and O–H groups in total. The third kappa shape index (κ3) is 4.24. The number of hydrogen-bond acceptors (Lipinski definition) is 3. The quantitative estimate of drug-likeness (QED) is 0.841. The molecule has 0 aromatic heterocycles. The van der Waals surface area contributed by atoms with Gasteiger partial charge in [0.15, 0.2) is 0 Å². The number of ether oxygens (including phenoxy) is 1. The standard InChI is InChI=1S/C23H31N3O2/c1-17-9-8-10-18(23(2,3)4)21(17)24-22(27)26-15-13-25(14-16-26)19-11-6-7-12-20(19)28-5/h6-12H,13-16H2,1-5H3,(H,24,27). The van der Waals surface area contributed by atoms with Gasteiger partial charge < -0.3 is 19.9 Å². The lowest BCUT2D eigenvalue weighted by atomic mass is 9.84. The zero-order chi connectivity index (χ0) is 20.3. The third-order valence-electron chi connectivity index (χ3n) is 5.31. The Morgan fingerprint density at radius 3 is 2.32 bits per heavy atom. The molecule has 0 saturated carbocycles. The molecule has 0 radical (unpaired) electrons. The van der Waals surface area contributed by atoms with Crippen LogP contribution in [0.5, 0.6) is 5.75 Å². The van der Waals surface area contributed by atoms with Crippen LogP contribution in [0.2, 0.25) is 0 Å². The molecule has 0 unspecified atom stereocenters. The number of urea groups is 1. The van der Waals surface area contributed by atoms with E-state index in [0.29, 0.717) is 13.1 Å². The molecule has 0 spiro atoms. The van der Waals surface area contributed by atoms with Crippen molar-refractivity contribution in [1.29, 1.82) is 0 Å². The summed E-state index contributed by atoms with van der Waals surface area (Å²) in [7, 11) is 1.69. The fourth-order valence-electron chi connectivity index (χ4n) is 3.69. The molecular weight excluding hydrogens is 350 g/mol. The summed E-state index contributed by atoms with van der Waals surface area (Å²) < 4.78 is 5.48. The number of rotatable bonds is 3. The molecule has 5 heteroatoms. The summed E-state index contributed by atoms with van der Waals surface area (Å²) >= 11 is 0. The predicted octanol–water partition coefficient (Wildman–Crippen LogP) is 4.66. The summed E-state index contributed by atoms with van der Waals surface area (Å²) in [4.78, 5) is 17.1. The normalized spacial score (nSPS) is 14.8. The van der Waals surface area contributed by atoms with E-state index < -0.39 is 0 Å². The first-order valence-electron chi connectivity index (χ1n) is 9.85. The van der Waals surface area contributed by atoms with Crippen LogP contribution in [0.15, 0.2) is 42.5 Å². The van der Waals surface area contributed by atoms with Crippen LogP contribution in [0.25, 0.3) is 0 Å². The molecule has 1 fully saturated rings. The smallest absolute Gasteiger partial charge is 0.321 e. The first-order valence-corrected chi connectivity index (χ1v) is 9.85. The van der Waals surface area contributed by atoms with E-state index in [2.05, 4.69) is 49.2 Å². The zero-order valence-electron chi connectivity index (χ0n) is 17.6. The molecule has 1 heterocycles. The molecule has 1 aliphatic heterocycles. The van der Waals surface area contributed by atoms with E-state index in [-0.39, 0.29) is 11.4 Å². The number of methoxy groups -OCH3 is 1. The lowest BCUT2D eigenvalue weighted by Crippen LogP contribution is -2.50. The number of nitrogens with one attached hydrogen (secondary N) is 1. The minimum absolute atomic E-state index is 0.0283. The van der Waals surface area contributed by atoms with Crippen LogP contribution < -0.4 is 15.0 Å². The molecule has 1 saturated heterocycles. The van der Waals surface area contributed by atoms with Crippen LogP contribution >= 0.6 is 0 Å². The van der Waals surface area contributed by atoms with Crippen molar-refractivity contribution in [2.75, 3.05) is 43.5 Å². The van der Waals surface area contributed by atoms with Gasteiger partial charge in [-0.15, -0.1) is 0 Å². The van der Waals surface area contributed by atoms with Crippen LogP contribution in [-0.4, -0.2) is 44.2 Å². The molecular formula is C23H31N3O2. The summed E-state index contributed by atoms with van der Waals surface area (Å²) in [5, 5.41) is 3.18. The van der Waals surface area contributed by atoms with Gasteiger partial charge in [0.1, 0.15) is 5.75 Å². The lowest BCUT2D eigenvalue weighted by Gasteiger charge is -2.37. The average Bonchev–Trinajstić information content (AvgIpc) is 2.68. The number of carbonyl (C=O) groups excluding carboxylic acids is 1. The highest BCUT2D eigenvalue weighted by Gasteiger charge is 2.25. The number of nitrogens with zero attached hydrogens (tertiary/aromatic N) is 2. The Labute approximate surface area is 168 Å². The number of aryl methyl sites for hydroxylation is 1. The number of amides is 2. The van der Waals surface area contributed by atoms with Gasteiger partial charge in [-0.2, -0.15) is 0 Å². The first-order chi connectivity index (χ1) is 13.3. The van der Waals surface area contributed by atoms with E-state index in [4.69, 9.17) is 4.74 Å². The largest absolute Gasteiger partial charge is 0.495 e. The Bertz CT molecular complexity index is 834. The van der Waals surface area contributed by atoms with Crippen molar-refractivity contribution in [2.45, 2.75) is 33.1 Å². The minimum Gasteiger partial charge on any atom is -0.495 e. The van der Waals surface area contributed by atoms with Crippen molar-refractivity contribution in [3.8, 4) is 5.75 Å². The molecule has 28 heavy (non-hydrogen) atoms. The van der Waals surface area contributed by atoms with E-state index in [1.807, 2.05) is 36.1 Å². The Balaban J connectivity index is 1.69. The molecule has 150 valence electrons. The molecule has 3 rings (SSSR count). The Hall–Kier alpha value is -2.69. The van der Waals surface area contributed by atoms with Gasteiger partial charge in [0, 0.05) is 31.9 Å². The van der Waals surface area contributed by atoms with Crippen LogP contribution in [0.4, 0.5) is 16.2 Å². The summed E-state index contributed by atoms with van der Waals surface area (Å²) in [5.41, 5.74) is 4.24. The molecule has 0 bridgehead atoms. The number of carbonyl (C=O) groups is 1. The predicted molar refractivity (Wildman–Crippen MR) is 116 cm³/mol. The highest BCUT2D eigenvalue weighted by Crippen LogP contribution is 2.32. The average molecular weight is 382 g/mol. The topological polar surface area (TPSA) is 44.8 Å². The fraction of sp³-hybridized carbons (Fsp3) is 0.435. The number of hydrogen-bond donors (Lipinski definition) is 1. The van der Waals surface area contributed by atoms with Crippen molar-refractivity contribution in [3.63, 3.8) is 0 Å². The van der Waals surface area contributed by atoms with E-state index >= 15 is 0 Å². The summed E-state index contributed by atoms with van der Waals surface area (Å²) in [6.07, 6.45) is 0. The number of piperazine rings is 1. The van der Waals surface area contributed by atoms with Crippen LogP contribution in [0.3, 0.4) is 0 Å². The molecule has 0 aliphatic carbocycles. The van der Waals surface area contributed by atoms with E-state index in [0.717, 1.165) is 41.3 Å². The van der Waals surface area contributed by atoms with Gasteiger partial charge in [-0.3, -0.25) is 0 Å². The SMILES string of the molecule is COc1ccccc1N1CCN(C(=O)Nc2c(C)cccc2C(C)(C)C)CC1. The maximum Gasteiger partial charge on any atom is 0.321 e. The summed E-state index contributed by atoms with van der Waals surface area (Å²) in [5.74, 6) is 0.870. The molecule has 0 atom stereocenters. The maximum absolute atomic E-state index is 12.9. The second-order valence-corrected chi connectivity index (χ2v) is 8.32. The zero-order valence-corrected chi connectivity index (χ0v) is 17.6. The third-order valence-corrected chi connectivity index (χ3v) is 5.31. The lowest BCUT2D eigenvalue weighted by molar-refractivity contribution is 0.208. The molecule has 2 aromatic rings. The Morgan fingerprint density at radius 2 is 1.68 bits per heavy atom. The highest BCUT2D eigenvalue weighted by molar-refractivity contribution is 5.91. The fourth-order valence-corrected chi connectivity index (χ4v) is 3.69. The van der Waals surface area contributed by atoms with E-state index in [9.17, 15) is 4.79 Å². The summed E-state index contributed by atoms with van der Waals surface area (Å²) in [6.45, 7) is 11.5. The molecule has 2 aromatic carbocycles. The van der Waals surface area contributed by atoms with Gasteiger partial charge in [0.05, 0.1) is 12.8 Å². The molecule has 1 aliphatic rings. The Kier molecular flexibility index (Phi) is 5.82. The highest BCUT2D eigenvalue weighted by atomic mass is 16.5. The second-order valence-electron chi connectivity index (χ2n) is 8.32. The molecule has 5 nitrogen and oxygen atoms in total. The van der Waals surface area contributed by atoms with Gasteiger partial charge in [-0.25, -0.2) is 4.79 Å². The van der Waals surface area contributed by atoms with Crippen molar-refractivity contribution in [1.82, 2.24) is 4.90 Å². The molecule has 2 amide bonds. The van der Waals surface area contributed by atoms with Crippen molar-refractivity contribution < 1.29 is 9.53 Å². The first kappa shape index (κ1) is 20.1. The van der Waals surface area contributed by atoms with Crippen molar-refractivity contribution >= 4 is 17.4 Å². The van der Waals surface area contributed by atoms with E-state index in [1.165, 1.54) is 0 Å². The van der Waals surface area contributed by atoms with Gasteiger partial charge in [-0.05, 0) is 35.6 Å². The van der Waals surface area contributed by atoms with E-state index in [1.54, 1.807) is 7.11 Å². The van der Waals surface area contributed by atoms with Crippen LogP contribution in [0.1, 0.15) is 31.9 Å². The monoisotopic (exact) mass is 381 g/mol. The number of para-hydroxylation sites is 3. The van der Waals surface area contributed by atoms with Crippen LogP contribution in [0, 0.1) is 6.92 Å². The van der Waals surface area contributed by atoms with Gasteiger partial charge in [0.2, 0.25) is 0 Å². The summed E-state index contributed by atoms with van der Waals surface area (Å²) in [6, 6.07) is 14.2. The maximum atomic E-state index is 12.9. The van der Waals surface area contributed by atoms with Crippen LogP contribution in [-0.2, 0) is 5.41 Å². The second kappa shape index (κ2) is 8.13. The number of benzene rings is 2. The van der Waals surface area contributed by atoms with Crippen molar-refractivity contribution in [2.24, 2.45) is 0 Å². The minimum atomic E-state index is -0.0306. The van der Waals surface area contributed by atoms with Gasteiger partial charge >= 0.3 is 6.03 Å². The van der Waals surface area contributed by atoms with Crippen molar-refractivity contribution in [3.05, 3.63) is 53.6 Å². The number of anilines is 2. The Morgan fingerprint density at radius 1 is 1.00 bits per heavy atom. The van der Waals surface area contributed by atoms with Gasteiger partial charge in [0.25, 0.3) is 0 Å².